The quantitative estimate of drug-likeness (QED) is 0.891. The van der Waals surface area contributed by atoms with Gasteiger partial charge in [0.25, 0.3) is 0 Å². The number of aliphatic hydroxyl groups is 1. The van der Waals surface area contributed by atoms with E-state index in [9.17, 15) is 10.2 Å². The van der Waals surface area contributed by atoms with E-state index in [0.29, 0.717) is 5.56 Å². The van der Waals surface area contributed by atoms with Crippen LogP contribution in [0, 0.1) is 13.8 Å². The molecule has 3 heteroatoms. The summed E-state index contributed by atoms with van der Waals surface area (Å²) in [6.07, 6.45) is -0.671. The van der Waals surface area contributed by atoms with Crippen molar-refractivity contribution in [2.24, 2.45) is 0 Å². The number of aliphatic hydroxyl groups excluding tert-OH is 1. The summed E-state index contributed by atoms with van der Waals surface area (Å²) in [7, 11) is 1.97. The Balaban J connectivity index is 2.38. The molecule has 106 valence electrons. The van der Waals surface area contributed by atoms with Gasteiger partial charge in [-0.15, -0.1) is 0 Å². The molecule has 0 aliphatic carbocycles. The van der Waals surface area contributed by atoms with Crippen molar-refractivity contribution >= 4 is 11.4 Å². The van der Waals surface area contributed by atoms with Crippen LogP contribution in [0.2, 0.25) is 0 Å². The lowest BCUT2D eigenvalue weighted by Gasteiger charge is -2.23. The van der Waals surface area contributed by atoms with Crippen molar-refractivity contribution in [3.05, 3.63) is 53.1 Å². The number of anilines is 2. The van der Waals surface area contributed by atoms with E-state index in [1.165, 1.54) is 11.1 Å². The monoisotopic (exact) mass is 271 g/mol. The molecule has 3 nitrogen and oxygen atoms in total. The first kappa shape index (κ1) is 14.4. The molecule has 0 aliphatic heterocycles. The average molecular weight is 271 g/mol. The van der Waals surface area contributed by atoms with Crippen LogP contribution >= 0.6 is 0 Å². The third-order valence-electron chi connectivity index (χ3n) is 3.57. The van der Waals surface area contributed by atoms with E-state index >= 15 is 0 Å². The molecule has 0 saturated carbocycles. The Labute approximate surface area is 120 Å². The van der Waals surface area contributed by atoms with Gasteiger partial charge >= 0.3 is 0 Å². The van der Waals surface area contributed by atoms with Crippen LogP contribution in [0.1, 0.15) is 29.7 Å². The van der Waals surface area contributed by atoms with Crippen molar-refractivity contribution in [3.8, 4) is 5.75 Å². The van der Waals surface area contributed by atoms with Gasteiger partial charge in [-0.1, -0.05) is 23.8 Å². The predicted molar refractivity (Wildman–Crippen MR) is 82.7 cm³/mol. The van der Waals surface area contributed by atoms with E-state index in [4.69, 9.17) is 0 Å². The zero-order valence-electron chi connectivity index (χ0n) is 12.4. The predicted octanol–water partition coefficient (Wildman–Crippen LogP) is 3.83. The maximum atomic E-state index is 9.98. The van der Waals surface area contributed by atoms with E-state index in [-0.39, 0.29) is 5.75 Å². The highest BCUT2D eigenvalue weighted by Gasteiger charge is 2.12. The van der Waals surface area contributed by atoms with Gasteiger partial charge in [0.1, 0.15) is 5.75 Å². The number of aryl methyl sites for hydroxylation is 2. The summed E-state index contributed by atoms with van der Waals surface area (Å²) in [6, 6.07) is 11.6. The van der Waals surface area contributed by atoms with E-state index < -0.39 is 6.10 Å². The molecule has 1 unspecified atom stereocenters. The number of benzene rings is 2. The topological polar surface area (TPSA) is 43.7 Å². The smallest absolute Gasteiger partial charge is 0.123 e. The van der Waals surface area contributed by atoms with Gasteiger partial charge in [-0.05, 0) is 38.5 Å². The Morgan fingerprint density at radius 1 is 1.05 bits per heavy atom. The van der Waals surface area contributed by atoms with Gasteiger partial charge < -0.3 is 15.1 Å². The highest BCUT2D eigenvalue weighted by molar-refractivity contribution is 5.67. The highest BCUT2D eigenvalue weighted by atomic mass is 16.3. The molecular formula is C17H21NO2. The van der Waals surface area contributed by atoms with Crippen molar-refractivity contribution in [3.63, 3.8) is 0 Å². The summed E-state index contributed by atoms with van der Waals surface area (Å²) < 4.78 is 0. The minimum Gasteiger partial charge on any atom is -0.507 e. The number of phenolic OH excluding ortho intramolecular Hbond substituents is 1. The number of hydrogen-bond donors (Lipinski definition) is 2. The third-order valence-corrected chi connectivity index (χ3v) is 3.57. The Morgan fingerprint density at radius 2 is 1.75 bits per heavy atom. The minimum absolute atomic E-state index is 0.120. The van der Waals surface area contributed by atoms with Gasteiger partial charge in [0.2, 0.25) is 0 Å². The molecule has 0 spiro atoms. The maximum Gasteiger partial charge on any atom is 0.123 e. The summed E-state index contributed by atoms with van der Waals surface area (Å²) in [5.74, 6) is 0.120. The molecule has 0 aromatic heterocycles. The zero-order valence-corrected chi connectivity index (χ0v) is 12.4. The normalized spacial score (nSPS) is 12.2. The number of hydrogen-bond acceptors (Lipinski definition) is 3. The lowest BCUT2D eigenvalue weighted by molar-refractivity contribution is 0.195. The van der Waals surface area contributed by atoms with Crippen LogP contribution in [0.15, 0.2) is 36.4 Å². The Kier molecular flexibility index (Phi) is 4.00. The average Bonchev–Trinajstić information content (AvgIpc) is 2.37. The molecular weight excluding hydrogens is 250 g/mol. The lowest BCUT2D eigenvalue weighted by Crippen LogP contribution is -2.11. The largest absolute Gasteiger partial charge is 0.507 e. The fourth-order valence-electron chi connectivity index (χ4n) is 2.41. The van der Waals surface area contributed by atoms with Crippen LogP contribution < -0.4 is 4.90 Å². The van der Waals surface area contributed by atoms with E-state index in [2.05, 4.69) is 32.0 Å². The van der Waals surface area contributed by atoms with Crippen molar-refractivity contribution in [1.29, 1.82) is 0 Å². The Morgan fingerprint density at radius 3 is 2.30 bits per heavy atom. The molecule has 2 aromatic rings. The molecule has 0 heterocycles. The molecule has 0 bridgehead atoms. The van der Waals surface area contributed by atoms with Gasteiger partial charge in [0.05, 0.1) is 6.10 Å². The molecule has 0 fully saturated rings. The fraction of sp³-hybridized carbons (Fsp3) is 0.294. The molecule has 2 N–H and O–H groups in total. The second-order valence-corrected chi connectivity index (χ2v) is 5.27. The number of aromatic hydroxyl groups is 1. The van der Waals surface area contributed by atoms with Gasteiger partial charge in [-0.2, -0.15) is 0 Å². The Hall–Kier alpha value is -2.00. The van der Waals surface area contributed by atoms with Gasteiger partial charge in [0, 0.05) is 30.1 Å². The molecule has 0 amide bonds. The molecule has 0 aliphatic rings. The number of phenols is 1. The number of rotatable bonds is 3. The summed E-state index contributed by atoms with van der Waals surface area (Å²) >= 11 is 0. The molecule has 2 rings (SSSR count). The first-order valence-electron chi connectivity index (χ1n) is 6.72. The zero-order chi connectivity index (χ0) is 14.9. The summed E-state index contributed by atoms with van der Waals surface area (Å²) in [4.78, 5) is 2.03. The van der Waals surface area contributed by atoms with E-state index in [1.54, 1.807) is 19.1 Å². The highest BCUT2D eigenvalue weighted by Crippen LogP contribution is 2.33. The second-order valence-electron chi connectivity index (χ2n) is 5.27. The van der Waals surface area contributed by atoms with Crippen molar-refractivity contribution in [2.75, 3.05) is 11.9 Å². The van der Waals surface area contributed by atoms with E-state index in [0.717, 1.165) is 11.4 Å². The van der Waals surface area contributed by atoms with Crippen LogP contribution in [0.3, 0.4) is 0 Å². The molecule has 2 aromatic carbocycles. The van der Waals surface area contributed by atoms with Crippen molar-refractivity contribution < 1.29 is 10.2 Å². The van der Waals surface area contributed by atoms with Crippen LogP contribution in [0.4, 0.5) is 11.4 Å². The van der Waals surface area contributed by atoms with Crippen molar-refractivity contribution in [1.82, 2.24) is 0 Å². The summed E-state index contributed by atoms with van der Waals surface area (Å²) in [5.41, 5.74) is 4.94. The lowest BCUT2D eigenvalue weighted by atomic mass is 10.1. The van der Waals surface area contributed by atoms with Crippen LogP contribution in [-0.4, -0.2) is 17.3 Å². The molecule has 20 heavy (non-hydrogen) atoms. The fourth-order valence-corrected chi connectivity index (χ4v) is 2.41. The molecule has 0 saturated heterocycles. The SMILES string of the molecule is Cc1ccc(N(C)c2ccc(C(C)O)c(O)c2)c(C)c1. The van der Waals surface area contributed by atoms with Gasteiger partial charge in [-0.3, -0.25) is 0 Å². The molecule has 1 atom stereocenters. The third kappa shape index (κ3) is 2.78. The van der Waals surface area contributed by atoms with Crippen LogP contribution in [0.5, 0.6) is 5.75 Å². The molecule has 0 radical (unpaired) electrons. The first-order valence-corrected chi connectivity index (χ1v) is 6.72. The van der Waals surface area contributed by atoms with E-state index in [1.807, 2.05) is 18.0 Å². The van der Waals surface area contributed by atoms with Gasteiger partial charge in [0.15, 0.2) is 0 Å². The second kappa shape index (κ2) is 5.55. The van der Waals surface area contributed by atoms with Crippen LogP contribution in [-0.2, 0) is 0 Å². The van der Waals surface area contributed by atoms with Crippen molar-refractivity contribution in [2.45, 2.75) is 26.9 Å². The van der Waals surface area contributed by atoms with Crippen LogP contribution in [0.25, 0.3) is 0 Å². The summed E-state index contributed by atoms with van der Waals surface area (Å²) in [6.45, 7) is 5.78. The summed E-state index contributed by atoms with van der Waals surface area (Å²) in [5, 5.41) is 19.5. The number of nitrogens with zero attached hydrogens (tertiary/aromatic N) is 1. The first-order chi connectivity index (χ1) is 9.40. The maximum absolute atomic E-state index is 9.98. The Bertz CT molecular complexity index is 620. The minimum atomic E-state index is -0.671. The van der Waals surface area contributed by atoms with Gasteiger partial charge in [-0.25, -0.2) is 0 Å². The standard InChI is InChI=1S/C17H21NO2/c1-11-5-8-16(12(2)9-11)18(4)14-6-7-15(13(3)19)17(20)10-14/h5-10,13,19-20H,1-4H3.